The molecule has 32 heavy (non-hydrogen) atoms. The highest BCUT2D eigenvalue weighted by molar-refractivity contribution is 6.31. The number of ketones is 1. The molecule has 0 aliphatic rings. The molecule has 0 radical (unpaired) electrons. The first-order valence-electron chi connectivity index (χ1n) is 9.81. The summed E-state index contributed by atoms with van der Waals surface area (Å²) in [7, 11) is 1.50. The molecule has 0 spiro atoms. The second kappa shape index (κ2) is 9.42. The van der Waals surface area contributed by atoms with Crippen LogP contribution in [0.15, 0.2) is 66.9 Å². The van der Waals surface area contributed by atoms with Gasteiger partial charge in [-0.2, -0.15) is 0 Å². The zero-order valence-electron chi connectivity index (χ0n) is 17.1. The second-order valence-corrected chi connectivity index (χ2v) is 8.03. The highest BCUT2D eigenvalue weighted by Gasteiger charge is 2.25. The number of carbonyl (C=O) groups is 2. The molecular formula is C24H19Cl2N3O3. The molecule has 0 bridgehead atoms. The van der Waals surface area contributed by atoms with Crippen molar-refractivity contribution in [2.45, 2.75) is 12.5 Å². The summed E-state index contributed by atoms with van der Waals surface area (Å²) in [5.41, 5.74) is 2.20. The van der Waals surface area contributed by atoms with Gasteiger partial charge in [-0.15, -0.1) is 0 Å². The summed E-state index contributed by atoms with van der Waals surface area (Å²) in [5.74, 6) is -0.304. The van der Waals surface area contributed by atoms with Crippen LogP contribution < -0.4 is 10.1 Å². The van der Waals surface area contributed by atoms with Crippen LogP contribution in [0.4, 0.5) is 0 Å². The Morgan fingerprint density at radius 1 is 1.09 bits per heavy atom. The van der Waals surface area contributed by atoms with Crippen molar-refractivity contribution < 1.29 is 14.3 Å². The number of pyridine rings is 1. The summed E-state index contributed by atoms with van der Waals surface area (Å²) >= 11 is 12.4. The number of hydrogen-bond donors (Lipinski definition) is 2. The molecule has 2 N–H and O–H groups in total. The molecule has 2 heterocycles. The van der Waals surface area contributed by atoms with E-state index in [4.69, 9.17) is 27.9 Å². The summed E-state index contributed by atoms with van der Waals surface area (Å²) < 4.78 is 5.06. The first-order valence-corrected chi connectivity index (χ1v) is 10.6. The van der Waals surface area contributed by atoms with E-state index in [9.17, 15) is 9.59 Å². The fourth-order valence-corrected chi connectivity index (χ4v) is 3.80. The summed E-state index contributed by atoms with van der Waals surface area (Å²) in [6.45, 7) is 0. The van der Waals surface area contributed by atoms with E-state index < -0.39 is 11.9 Å². The van der Waals surface area contributed by atoms with Crippen molar-refractivity contribution in [1.29, 1.82) is 0 Å². The lowest BCUT2D eigenvalue weighted by atomic mass is 9.98. The van der Waals surface area contributed by atoms with Crippen molar-refractivity contribution in [1.82, 2.24) is 15.3 Å². The monoisotopic (exact) mass is 467 g/mol. The average molecular weight is 468 g/mol. The Labute approximate surface area is 194 Å². The summed E-state index contributed by atoms with van der Waals surface area (Å²) in [4.78, 5) is 33.5. The van der Waals surface area contributed by atoms with E-state index in [0.29, 0.717) is 27.2 Å². The number of fused-ring (bicyclic) bond motifs is 1. The smallest absolute Gasteiger partial charge is 0.268 e. The summed E-state index contributed by atoms with van der Waals surface area (Å²) in [6, 6.07) is 16.6. The first kappa shape index (κ1) is 21.9. The normalized spacial score (nSPS) is 11.8. The molecule has 4 aromatic rings. The third-order valence-electron chi connectivity index (χ3n) is 5.06. The van der Waals surface area contributed by atoms with Gasteiger partial charge in [0.15, 0.2) is 5.78 Å². The van der Waals surface area contributed by atoms with Gasteiger partial charge in [-0.1, -0.05) is 41.4 Å². The van der Waals surface area contributed by atoms with Crippen LogP contribution in [0.5, 0.6) is 5.88 Å². The van der Waals surface area contributed by atoms with E-state index in [2.05, 4.69) is 15.3 Å². The van der Waals surface area contributed by atoms with E-state index in [1.807, 2.05) is 18.2 Å². The maximum atomic E-state index is 13.3. The summed E-state index contributed by atoms with van der Waals surface area (Å²) in [5, 5.41) is 4.74. The number of hydrogen-bond acceptors (Lipinski definition) is 4. The number of rotatable bonds is 7. The van der Waals surface area contributed by atoms with E-state index in [-0.39, 0.29) is 12.2 Å². The Hall–Kier alpha value is -3.35. The molecule has 1 atom stereocenters. The fraction of sp³-hybridized carbons (Fsp3) is 0.125. The lowest BCUT2D eigenvalue weighted by Crippen LogP contribution is -2.42. The number of Topliss-reactive ketones (excluding diaryl/α,β-unsaturated/α-hetero) is 1. The third-order valence-corrected chi connectivity index (χ3v) is 5.66. The Bertz CT molecular complexity index is 1290. The number of H-pyrrole nitrogens is 1. The molecule has 1 unspecified atom stereocenters. The number of halogens is 2. The van der Waals surface area contributed by atoms with Gasteiger partial charge in [-0.25, -0.2) is 4.98 Å². The molecule has 0 saturated carbocycles. The van der Waals surface area contributed by atoms with Crippen molar-refractivity contribution in [3.8, 4) is 5.88 Å². The standard InChI is InChI=1S/C24H19Cl2N3O3/c1-32-22-9-6-15(13-27-22)23(30)20(11-14-4-2-3-5-18(14)26)29-24(31)21-12-16-10-17(25)7-8-19(16)28-21/h2-10,12-13,20,28H,11H2,1H3,(H,29,31). The van der Waals surface area contributed by atoms with Crippen molar-refractivity contribution in [3.63, 3.8) is 0 Å². The number of methoxy groups -OCH3 is 1. The maximum Gasteiger partial charge on any atom is 0.268 e. The van der Waals surface area contributed by atoms with Crippen LogP contribution in [0, 0.1) is 0 Å². The number of carbonyl (C=O) groups excluding carboxylic acids is 2. The van der Waals surface area contributed by atoms with E-state index >= 15 is 0 Å². The molecule has 2 aromatic carbocycles. The van der Waals surface area contributed by atoms with Crippen LogP contribution >= 0.6 is 23.2 Å². The molecule has 0 aliphatic heterocycles. The minimum absolute atomic E-state index is 0.225. The Kier molecular flexibility index (Phi) is 6.44. The molecule has 0 saturated heterocycles. The van der Waals surface area contributed by atoms with Gasteiger partial charge in [0.2, 0.25) is 5.88 Å². The van der Waals surface area contributed by atoms with Crippen LogP contribution in [-0.4, -0.2) is 34.8 Å². The lowest BCUT2D eigenvalue weighted by Gasteiger charge is -2.18. The number of benzene rings is 2. The molecule has 162 valence electrons. The fourth-order valence-electron chi connectivity index (χ4n) is 3.40. The predicted molar refractivity (Wildman–Crippen MR) is 125 cm³/mol. The van der Waals surface area contributed by atoms with Gasteiger partial charge >= 0.3 is 0 Å². The number of amides is 1. The minimum Gasteiger partial charge on any atom is -0.481 e. The average Bonchev–Trinajstić information content (AvgIpc) is 3.23. The molecule has 0 aliphatic carbocycles. The van der Waals surface area contributed by atoms with Gasteiger partial charge in [0, 0.05) is 45.2 Å². The lowest BCUT2D eigenvalue weighted by molar-refractivity contribution is 0.0854. The number of nitrogens with one attached hydrogen (secondary N) is 2. The van der Waals surface area contributed by atoms with Crippen LogP contribution in [0.1, 0.15) is 26.4 Å². The van der Waals surface area contributed by atoms with E-state index in [1.54, 1.807) is 42.5 Å². The predicted octanol–water partition coefficient (Wildman–Crippen LogP) is 5.10. The molecular weight excluding hydrogens is 449 g/mol. The quantitative estimate of drug-likeness (QED) is 0.370. The highest BCUT2D eigenvalue weighted by atomic mass is 35.5. The second-order valence-electron chi connectivity index (χ2n) is 7.19. The number of nitrogens with zero attached hydrogens (tertiary/aromatic N) is 1. The molecule has 6 nitrogen and oxygen atoms in total. The van der Waals surface area contributed by atoms with E-state index in [0.717, 1.165) is 16.5 Å². The van der Waals surface area contributed by atoms with Crippen molar-refractivity contribution in [2.75, 3.05) is 7.11 Å². The van der Waals surface area contributed by atoms with Gasteiger partial charge in [0.05, 0.1) is 13.2 Å². The first-order chi connectivity index (χ1) is 15.4. The van der Waals surface area contributed by atoms with Gasteiger partial charge in [0.1, 0.15) is 5.69 Å². The van der Waals surface area contributed by atoms with Crippen LogP contribution in [0.3, 0.4) is 0 Å². The van der Waals surface area contributed by atoms with Crippen molar-refractivity contribution in [3.05, 3.63) is 93.7 Å². The molecule has 0 fully saturated rings. The molecule has 4 rings (SSSR count). The van der Waals surface area contributed by atoms with E-state index in [1.165, 1.54) is 13.3 Å². The Morgan fingerprint density at radius 2 is 1.91 bits per heavy atom. The largest absolute Gasteiger partial charge is 0.481 e. The van der Waals surface area contributed by atoms with Gasteiger partial charge in [-0.05, 0) is 42.0 Å². The number of aromatic amines is 1. The third kappa shape index (κ3) is 4.77. The van der Waals surface area contributed by atoms with Gasteiger partial charge < -0.3 is 15.0 Å². The zero-order valence-corrected chi connectivity index (χ0v) is 18.6. The minimum atomic E-state index is -0.854. The van der Waals surface area contributed by atoms with Crippen molar-refractivity contribution >= 4 is 45.8 Å². The van der Waals surface area contributed by atoms with Crippen LogP contribution in [0.25, 0.3) is 10.9 Å². The van der Waals surface area contributed by atoms with Crippen LogP contribution in [-0.2, 0) is 6.42 Å². The Morgan fingerprint density at radius 3 is 2.62 bits per heavy atom. The van der Waals surface area contributed by atoms with Gasteiger partial charge in [-0.3, -0.25) is 9.59 Å². The molecule has 8 heteroatoms. The Balaban J connectivity index is 1.63. The van der Waals surface area contributed by atoms with Gasteiger partial charge in [0.25, 0.3) is 5.91 Å². The topological polar surface area (TPSA) is 84.1 Å². The number of ether oxygens (including phenoxy) is 1. The maximum absolute atomic E-state index is 13.3. The zero-order chi connectivity index (χ0) is 22.7. The van der Waals surface area contributed by atoms with Crippen molar-refractivity contribution in [2.24, 2.45) is 0 Å². The molecule has 2 aromatic heterocycles. The number of aromatic nitrogens is 2. The SMILES string of the molecule is COc1ccc(C(=O)C(Cc2ccccc2Cl)NC(=O)c2cc3cc(Cl)ccc3[nH]2)cn1. The molecule has 1 amide bonds. The van der Waals surface area contributed by atoms with Crippen LogP contribution in [0.2, 0.25) is 10.0 Å². The highest BCUT2D eigenvalue weighted by Crippen LogP contribution is 2.22. The summed E-state index contributed by atoms with van der Waals surface area (Å²) in [6.07, 6.45) is 1.65.